The first-order valence-electron chi connectivity index (χ1n) is 14.3. The molecule has 2 saturated heterocycles. The minimum Gasteiger partial charge on any atom is -0.353 e. The van der Waals surface area contributed by atoms with Gasteiger partial charge in [-0.15, -0.1) is 0 Å². The van der Waals surface area contributed by atoms with Gasteiger partial charge in [0.25, 0.3) is 0 Å². The summed E-state index contributed by atoms with van der Waals surface area (Å²) in [5.74, 6) is 0.322. The molecular formula is C32H36BrClN4O. The van der Waals surface area contributed by atoms with Gasteiger partial charge in [0.15, 0.2) is 0 Å². The molecule has 39 heavy (non-hydrogen) atoms. The Morgan fingerprint density at radius 2 is 1.69 bits per heavy atom. The van der Waals surface area contributed by atoms with Crippen molar-refractivity contribution in [2.75, 3.05) is 26.2 Å². The Morgan fingerprint density at radius 1 is 0.949 bits per heavy atom. The molecule has 1 aliphatic carbocycles. The Kier molecular flexibility index (Phi) is 8.35. The van der Waals surface area contributed by atoms with E-state index in [2.05, 4.69) is 79.6 Å². The van der Waals surface area contributed by atoms with Crippen LogP contribution in [0.5, 0.6) is 0 Å². The summed E-state index contributed by atoms with van der Waals surface area (Å²) in [5, 5.41) is 4.19. The fraction of sp³-hybridized carbons (Fsp3) is 0.438. The summed E-state index contributed by atoms with van der Waals surface area (Å²) in [5.41, 5.74) is 6.40. The molecule has 1 unspecified atom stereocenters. The number of rotatable bonds is 5. The Balaban J connectivity index is 1.07. The number of amides is 1. The summed E-state index contributed by atoms with van der Waals surface area (Å²) in [7, 11) is 0. The topological polar surface area (TPSA) is 48.5 Å². The molecule has 2 aromatic carbocycles. The zero-order chi connectivity index (χ0) is 26.8. The molecule has 0 bridgehead atoms. The Bertz CT molecular complexity index is 1250. The highest BCUT2D eigenvalue weighted by molar-refractivity contribution is 9.10. The number of pyridine rings is 1. The molecule has 1 amide bonds. The fourth-order valence-corrected chi connectivity index (χ4v) is 7.17. The van der Waals surface area contributed by atoms with E-state index in [4.69, 9.17) is 16.6 Å². The van der Waals surface area contributed by atoms with Crippen molar-refractivity contribution in [2.24, 2.45) is 5.92 Å². The third-order valence-corrected chi connectivity index (χ3v) is 9.41. The van der Waals surface area contributed by atoms with Gasteiger partial charge in [-0.1, -0.05) is 48.0 Å². The van der Waals surface area contributed by atoms with Crippen molar-refractivity contribution in [3.05, 3.63) is 98.2 Å². The van der Waals surface area contributed by atoms with E-state index < -0.39 is 0 Å². The molecule has 3 heterocycles. The number of aryl methyl sites for hydroxylation is 2. The molecule has 5 nitrogen and oxygen atoms in total. The van der Waals surface area contributed by atoms with Crippen molar-refractivity contribution in [1.82, 2.24) is 20.1 Å². The van der Waals surface area contributed by atoms with E-state index in [9.17, 15) is 4.79 Å². The van der Waals surface area contributed by atoms with Crippen LogP contribution in [0.25, 0.3) is 0 Å². The van der Waals surface area contributed by atoms with Crippen LogP contribution < -0.4 is 5.32 Å². The van der Waals surface area contributed by atoms with Gasteiger partial charge in [-0.05, 0) is 108 Å². The number of nitrogens with one attached hydrogen (secondary N) is 1. The maximum absolute atomic E-state index is 13.3. The standard InChI is InChI=1S/C32H36BrClN4O/c33-26-18-25-7-6-24-19-27(34)8-9-29(24)31(30(25)35-20-26)38-16-10-23(11-17-38)32(39)36-28-12-14-37(15-13-28)21-22-4-2-1-3-5-22/h1-5,8-9,18-20,23,28,31H,6-7,10-17,21H2,(H,36,39). The van der Waals surface area contributed by atoms with Gasteiger partial charge in [-0.3, -0.25) is 19.6 Å². The Labute approximate surface area is 245 Å². The van der Waals surface area contributed by atoms with Gasteiger partial charge in [-0.2, -0.15) is 0 Å². The molecule has 6 rings (SSSR count). The third kappa shape index (κ3) is 6.25. The number of piperidine rings is 2. The number of nitrogens with zero attached hydrogens (tertiary/aromatic N) is 3. The molecule has 3 aliphatic rings. The van der Waals surface area contributed by atoms with Crippen molar-refractivity contribution in [2.45, 2.75) is 57.2 Å². The van der Waals surface area contributed by atoms with E-state index in [1.807, 2.05) is 12.3 Å². The summed E-state index contributed by atoms with van der Waals surface area (Å²) in [6.07, 6.45) is 7.63. The molecule has 1 N–H and O–H groups in total. The van der Waals surface area contributed by atoms with Crippen LogP contribution in [0.1, 0.15) is 59.7 Å². The van der Waals surface area contributed by atoms with E-state index in [1.54, 1.807) is 0 Å². The number of hydrogen-bond donors (Lipinski definition) is 1. The second-order valence-electron chi connectivity index (χ2n) is 11.3. The first kappa shape index (κ1) is 26.9. The van der Waals surface area contributed by atoms with Gasteiger partial charge in [0.1, 0.15) is 0 Å². The van der Waals surface area contributed by atoms with E-state index in [1.165, 1.54) is 22.3 Å². The molecular weight excluding hydrogens is 572 g/mol. The highest BCUT2D eigenvalue weighted by atomic mass is 79.9. The third-order valence-electron chi connectivity index (χ3n) is 8.74. The molecule has 1 aromatic heterocycles. The first-order chi connectivity index (χ1) is 19.0. The number of fused-ring (bicyclic) bond motifs is 2. The average Bonchev–Trinajstić information content (AvgIpc) is 3.11. The summed E-state index contributed by atoms with van der Waals surface area (Å²) < 4.78 is 1.02. The number of carbonyl (C=O) groups is 1. The lowest BCUT2D eigenvalue weighted by atomic mass is 9.90. The maximum Gasteiger partial charge on any atom is 0.223 e. The van der Waals surface area contributed by atoms with Gasteiger partial charge in [-0.25, -0.2) is 0 Å². The van der Waals surface area contributed by atoms with Gasteiger partial charge < -0.3 is 5.32 Å². The van der Waals surface area contributed by atoms with E-state index in [0.29, 0.717) is 0 Å². The Morgan fingerprint density at radius 3 is 2.46 bits per heavy atom. The molecule has 7 heteroatoms. The quantitative estimate of drug-likeness (QED) is 0.377. The molecule has 2 aliphatic heterocycles. The number of aromatic nitrogens is 1. The summed E-state index contributed by atoms with van der Waals surface area (Å²) >= 11 is 10.0. The average molecular weight is 608 g/mol. The molecule has 2 fully saturated rings. The molecule has 1 atom stereocenters. The molecule has 0 saturated carbocycles. The van der Waals surface area contributed by atoms with Crippen molar-refractivity contribution in [1.29, 1.82) is 0 Å². The molecule has 204 valence electrons. The molecule has 0 radical (unpaired) electrons. The minimum atomic E-state index is 0.0800. The number of hydrogen-bond acceptors (Lipinski definition) is 4. The van der Waals surface area contributed by atoms with Gasteiger partial charge in [0.05, 0.1) is 11.7 Å². The predicted molar refractivity (Wildman–Crippen MR) is 160 cm³/mol. The number of carbonyl (C=O) groups excluding carboxylic acids is 1. The molecule has 3 aromatic rings. The lowest BCUT2D eigenvalue weighted by Crippen LogP contribution is -2.48. The van der Waals surface area contributed by atoms with Gasteiger partial charge >= 0.3 is 0 Å². The zero-order valence-corrected chi connectivity index (χ0v) is 24.6. The lowest BCUT2D eigenvalue weighted by molar-refractivity contribution is -0.127. The first-order valence-corrected chi connectivity index (χ1v) is 15.4. The van der Waals surface area contributed by atoms with Crippen molar-refractivity contribution < 1.29 is 4.79 Å². The van der Waals surface area contributed by atoms with Gasteiger partial charge in [0, 0.05) is 47.3 Å². The van der Waals surface area contributed by atoms with Crippen LogP contribution in [0, 0.1) is 5.92 Å². The summed E-state index contributed by atoms with van der Waals surface area (Å²) in [6, 6.07) is 19.6. The van der Waals surface area contributed by atoms with Crippen LogP contribution in [0.15, 0.2) is 65.3 Å². The van der Waals surface area contributed by atoms with Crippen LogP contribution in [-0.2, 0) is 24.2 Å². The normalized spacial score (nSPS) is 21.1. The van der Waals surface area contributed by atoms with Crippen LogP contribution in [0.4, 0.5) is 0 Å². The van der Waals surface area contributed by atoms with Crippen molar-refractivity contribution in [3.63, 3.8) is 0 Å². The highest BCUT2D eigenvalue weighted by Gasteiger charge is 2.35. The zero-order valence-electron chi connectivity index (χ0n) is 22.3. The Hall–Kier alpha value is -2.25. The number of likely N-dealkylation sites (tertiary alicyclic amines) is 2. The maximum atomic E-state index is 13.3. The highest BCUT2D eigenvalue weighted by Crippen LogP contribution is 2.39. The van der Waals surface area contributed by atoms with Crippen LogP contribution in [0.3, 0.4) is 0 Å². The van der Waals surface area contributed by atoms with Crippen LogP contribution >= 0.6 is 27.5 Å². The van der Waals surface area contributed by atoms with Crippen LogP contribution in [-0.4, -0.2) is 52.9 Å². The fourth-order valence-electron chi connectivity index (χ4n) is 6.60. The van der Waals surface area contributed by atoms with Crippen molar-refractivity contribution in [3.8, 4) is 0 Å². The monoisotopic (exact) mass is 606 g/mol. The second-order valence-corrected chi connectivity index (χ2v) is 12.7. The van der Waals surface area contributed by atoms with E-state index >= 15 is 0 Å². The second kappa shape index (κ2) is 12.1. The molecule has 0 spiro atoms. The number of halogens is 2. The summed E-state index contributed by atoms with van der Waals surface area (Å²) in [4.78, 5) is 23.2. The predicted octanol–water partition coefficient (Wildman–Crippen LogP) is 6.18. The van der Waals surface area contributed by atoms with E-state index in [0.717, 1.165) is 86.4 Å². The van der Waals surface area contributed by atoms with Crippen molar-refractivity contribution >= 4 is 33.4 Å². The summed E-state index contributed by atoms with van der Waals surface area (Å²) in [6.45, 7) is 4.83. The smallest absolute Gasteiger partial charge is 0.223 e. The SMILES string of the molecule is O=C(NC1CCN(Cc2ccccc2)CC1)C1CCN(C2c3ccc(Cl)cc3CCc3cc(Br)cnc32)CC1. The number of benzene rings is 2. The largest absolute Gasteiger partial charge is 0.353 e. The van der Waals surface area contributed by atoms with E-state index in [-0.39, 0.29) is 23.9 Å². The van der Waals surface area contributed by atoms with Gasteiger partial charge in [0.2, 0.25) is 5.91 Å². The minimum absolute atomic E-state index is 0.0800. The lowest BCUT2D eigenvalue weighted by Gasteiger charge is -2.38. The van der Waals surface area contributed by atoms with Crippen LogP contribution in [0.2, 0.25) is 5.02 Å².